The minimum atomic E-state index is 0.892. The fourth-order valence-corrected chi connectivity index (χ4v) is 2.70. The zero-order valence-corrected chi connectivity index (χ0v) is 10.3. The molecule has 1 saturated heterocycles. The fourth-order valence-electron chi connectivity index (χ4n) is 1.61. The van der Waals surface area contributed by atoms with E-state index in [-0.39, 0.29) is 0 Å². The molecule has 1 fully saturated rings. The van der Waals surface area contributed by atoms with Crippen LogP contribution in [0.15, 0.2) is 21.3 Å². The second-order valence-corrected chi connectivity index (χ2v) is 4.79. The van der Waals surface area contributed by atoms with Crippen LogP contribution in [0.1, 0.15) is 12.8 Å². The van der Waals surface area contributed by atoms with Crippen LogP contribution in [-0.4, -0.2) is 18.1 Å². The minimum absolute atomic E-state index is 0.892. The zero-order chi connectivity index (χ0) is 9.26. The van der Waals surface area contributed by atoms with Crippen LogP contribution in [0.3, 0.4) is 0 Å². The maximum Gasteiger partial charge on any atom is 0.109 e. The summed E-state index contributed by atoms with van der Waals surface area (Å²) < 4.78 is 1.78. The molecule has 4 heteroatoms. The average molecular weight is 306 g/mol. The summed E-state index contributed by atoms with van der Waals surface area (Å²) in [7, 11) is 0. The number of aromatic nitrogens is 1. The molecule has 0 aliphatic carbocycles. The predicted molar refractivity (Wildman–Crippen MR) is 61.1 cm³/mol. The fraction of sp³-hybridized carbons (Fsp3) is 0.444. The first kappa shape index (κ1) is 9.46. The van der Waals surface area contributed by atoms with Gasteiger partial charge in [0.2, 0.25) is 0 Å². The molecule has 13 heavy (non-hydrogen) atoms. The van der Waals surface area contributed by atoms with Crippen molar-refractivity contribution in [1.29, 1.82) is 0 Å². The van der Waals surface area contributed by atoms with Crippen molar-refractivity contribution in [3.63, 3.8) is 0 Å². The Morgan fingerprint density at radius 1 is 1.08 bits per heavy atom. The topological polar surface area (TPSA) is 16.1 Å². The Hall–Kier alpha value is -0.0900. The lowest BCUT2D eigenvalue weighted by atomic mass is 10.4. The molecule has 2 heterocycles. The second-order valence-electron chi connectivity index (χ2n) is 3.16. The van der Waals surface area contributed by atoms with Gasteiger partial charge < -0.3 is 4.90 Å². The molecule has 0 bridgehead atoms. The summed E-state index contributed by atoms with van der Waals surface area (Å²) in [5.41, 5.74) is 1.26. The van der Waals surface area contributed by atoms with Gasteiger partial charge in [-0.25, -0.2) is 4.98 Å². The van der Waals surface area contributed by atoms with Crippen molar-refractivity contribution in [2.45, 2.75) is 12.8 Å². The zero-order valence-electron chi connectivity index (χ0n) is 7.13. The van der Waals surface area contributed by atoms with E-state index in [2.05, 4.69) is 53.9 Å². The molecule has 0 radical (unpaired) electrons. The van der Waals surface area contributed by atoms with E-state index in [1.807, 2.05) is 0 Å². The van der Waals surface area contributed by atoms with Gasteiger partial charge in [0, 0.05) is 18.8 Å². The minimum Gasteiger partial charge on any atom is -0.371 e. The smallest absolute Gasteiger partial charge is 0.109 e. The van der Waals surface area contributed by atoms with E-state index in [4.69, 9.17) is 0 Å². The molecule has 0 spiro atoms. The van der Waals surface area contributed by atoms with Crippen LogP contribution in [0.5, 0.6) is 0 Å². The predicted octanol–water partition coefficient (Wildman–Crippen LogP) is 3.21. The third-order valence-electron chi connectivity index (χ3n) is 2.22. The van der Waals surface area contributed by atoms with Crippen molar-refractivity contribution < 1.29 is 0 Å². The Labute approximate surface area is 94.6 Å². The summed E-state index contributed by atoms with van der Waals surface area (Å²) in [4.78, 5) is 6.60. The number of hydrogen-bond donors (Lipinski definition) is 0. The van der Waals surface area contributed by atoms with Crippen LogP contribution in [-0.2, 0) is 0 Å². The average Bonchev–Trinajstić information content (AvgIpc) is 2.53. The molecule has 1 aromatic heterocycles. The van der Waals surface area contributed by atoms with Crippen molar-refractivity contribution >= 4 is 37.5 Å². The van der Waals surface area contributed by atoms with Gasteiger partial charge in [-0.05, 0) is 56.8 Å². The molecule has 1 aromatic rings. The number of rotatable bonds is 1. The van der Waals surface area contributed by atoms with Gasteiger partial charge in [-0.3, -0.25) is 0 Å². The maximum atomic E-state index is 4.21. The lowest BCUT2D eigenvalue weighted by Gasteiger charge is -2.17. The molecule has 1 aliphatic heterocycles. The molecule has 0 atom stereocenters. The van der Waals surface area contributed by atoms with E-state index in [0.29, 0.717) is 0 Å². The van der Waals surface area contributed by atoms with Gasteiger partial charge in [0.1, 0.15) is 9.21 Å². The van der Waals surface area contributed by atoms with Crippen LogP contribution in [0.25, 0.3) is 0 Å². The third-order valence-corrected chi connectivity index (χ3v) is 3.03. The molecule has 2 rings (SSSR count). The second kappa shape index (κ2) is 3.96. The lowest BCUT2D eigenvalue weighted by molar-refractivity contribution is 0.949. The van der Waals surface area contributed by atoms with Gasteiger partial charge in [-0.15, -0.1) is 0 Å². The van der Waals surface area contributed by atoms with E-state index < -0.39 is 0 Å². The quantitative estimate of drug-likeness (QED) is 0.741. The summed E-state index contributed by atoms with van der Waals surface area (Å²) in [5, 5.41) is 0. The van der Waals surface area contributed by atoms with E-state index in [1.54, 1.807) is 0 Å². The van der Waals surface area contributed by atoms with Crippen LogP contribution in [0, 0.1) is 0 Å². The number of hydrogen-bond acceptors (Lipinski definition) is 2. The first-order chi connectivity index (χ1) is 6.25. The van der Waals surface area contributed by atoms with Crippen molar-refractivity contribution in [3.05, 3.63) is 21.3 Å². The van der Waals surface area contributed by atoms with Gasteiger partial charge in [-0.2, -0.15) is 0 Å². The van der Waals surface area contributed by atoms with Gasteiger partial charge >= 0.3 is 0 Å². The Morgan fingerprint density at radius 3 is 2.15 bits per heavy atom. The summed E-state index contributed by atoms with van der Waals surface area (Å²) >= 11 is 6.78. The number of pyridine rings is 1. The van der Waals surface area contributed by atoms with E-state index in [0.717, 1.165) is 9.21 Å². The Morgan fingerprint density at radius 2 is 1.62 bits per heavy atom. The van der Waals surface area contributed by atoms with Crippen molar-refractivity contribution in [3.8, 4) is 0 Å². The Kier molecular flexibility index (Phi) is 2.89. The number of nitrogens with zero attached hydrogens (tertiary/aromatic N) is 2. The highest BCUT2D eigenvalue weighted by Crippen LogP contribution is 2.25. The molecule has 70 valence electrons. The first-order valence-corrected chi connectivity index (χ1v) is 5.92. The Bertz CT molecular complexity index is 288. The van der Waals surface area contributed by atoms with Crippen LogP contribution >= 0.6 is 31.9 Å². The lowest BCUT2D eigenvalue weighted by Crippen LogP contribution is -2.17. The van der Waals surface area contributed by atoms with Crippen molar-refractivity contribution in [2.75, 3.05) is 18.0 Å². The van der Waals surface area contributed by atoms with Gasteiger partial charge in [-0.1, -0.05) is 0 Å². The Balaban J connectivity index is 2.28. The monoisotopic (exact) mass is 304 g/mol. The molecule has 0 amide bonds. The standard InChI is InChI=1S/C9H10Br2N2/c10-8-5-7(6-9(11)12-8)13-3-1-2-4-13/h5-6H,1-4H2. The number of halogens is 2. The maximum absolute atomic E-state index is 4.21. The highest BCUT2D eigenvalue weighted by Gasteiger charge is 2.13. The molecule has 0 N–H and O–H groups in total. The van der Waals surface area contributed by atoms with E-state index in [9.17, 15) is 0 Å². The normalized spacial score (nSPS) is 16.6. The third kappa shape index (κ3) is 2.23. The largest absolute Gasteiger partial charge is 0.371 e. The highest BCUT2D eigenvalue weighted by molar-refractivity contribution is 9.11. The van der Waals surface area contributed by atoms with Gasteiger partial charge in [0.15, 0.2) is 0 Å². The van der Waals surface area contributed by atoms with Crippen LogP contribution < -0.4 is 4.90 Å². The summed E-state index contributed by atoms with van der Waals surface area (Å²) in [6, 6.07) is 4.13. The summed E-state index contributed by atoms with van der Waals surface area (Å²) in [6.07, 6.45) is 2.61. The first-order valence-electron chi connectivity index (χ1n) is 4.34. The molecule has 2 nitrogen and oxygen atoms in total. The van der Waals surface area contributed by atoms with Crippen LogP contribution in [0.4, 0.5) is 5.69 Å². The highest BCUT2D eigenvalue weighted by atomic mass is 79.9. The molecule has 0 unspecified atom stereocenters. The van der Waals surface area contributed by atoms with Crippen molar-refractivity contribution in [1.82, 2.24) is 4.98 Å². The number of anilines is 1. The van der Waals surface area contributed by atoms with Gasteiger partial charge in [0.05, 0.1) is 0 Å². The van der Waals surface area contributed by atoms with E-state index in [1.165, 1.54) is 31.6 Å². The summed E-state index contributed by atoms with van der Waals surface area (Å²) in [5.74, 6) is 0. The molecular weight excluding hydrogens is 296 g/mol. The van der Waals surface area contributed by atoms with Gasteiger partial charge in [0.25, 0.3) is 0 Å². The van der Waals surface area contributed by atoms with Crippen LogP contribution in [0.2, 0.25) is 0 Å². The molecule has 0 saturated carbocycles. The van der Waals surface area contributed by atoms with Crippen molar-refractivity contribution in [2.24, 2.45) is 0 Å². The SMILES string of the molecule is Brc1cc(N2CCCC2)cc(Br)n1. The van der Waals surface area contributed by atoms with E-state index >= 15 is 0 Å². The summed E-state index contributed by atoms with van der Waals surface area (Å²) in [6.45, 7) is 2.34. The molecule has 0 aromatic carbocycles. The molecular formula is C9H10Br2N2. The molecule has 1 aliphatic rings.